The molecule has 5 heteroatoms. The maximum absolute atomic E-state index is 13.0. The summed E-state index contributed by atoms with van der Waals surface area (Å²) in [5.41, 5.74) is 4.41. The van der Waals surface area contributed by atoms with Gasteiger partial charge in [0.05, 0.1) is 6.61 Å². The summed E-state index contributed by atoms with van der Waals surface area (Å²) in [6, 6.07) is 7.46. The average molecular weight is 356 g/mol. The number of methoxy groups -OCH3 is 1. The molecular weight excluding hydrogens is 328 g/mol. The van der Waals surface area contributed by atoms with Crippen LogP contribution in [0.15, 0.2) is 29.1 Å². The van der Waals surface area contributed by atoms with Crippen molar-refractivity contribution in [1.82, 2.24) is 4.57 Å². The van der Waals surface area contributed by atoms with E-state index < -0.39 is 0 Å². The highest BCUT2D eigenvalue weighted by molar-refractivity contribution is 6.05. The Balaban J connectivity index is 2.51. The number of carbonyl (C=O) groups is 1. The molecule has 0 unspecified atom stereocenters. The molecule has 0 radical (unpaired) electrons. The van der Waals surface area contributed by atoms with Crippen LogP contribution in [0.25, 0.3) is 0 Å². The number of hydrogen-bond acceptors (Lipinski definition) is 3. The molecule has 2 rings (SSSR count). The Labute approximate surface area is 155 Å². The van der Waals surface area contributed by atoms with Crippen molar-refractivity contribution in [3.63, 3.8) is 0 Å². The zero-order valence-corrected chi connectivity index (χ0v) is 16.3. The lowest BCUT2D eigenvalue weighted by Gasteiger charge is -2.20. The Hall–Kier alpha value is -2.40. The minimum absolute atomic E-state index is 0.222. The highest BCUT2D eigenvalue weighted by Crippen LogP contribution is 2.22. The molecule has 1 amide bonds. The molecule has 0 spiro atoms. The van der Waals surface area contributed by atoms with Crippen LogP contribution in [0, 0.1) is 13.8 Å². The van der Waals surface area contributed by atoms with Crippen molar-refractivity contribution >= 4 is 11.6 Å². The highest BCUT2D eigenvalue weighted by Gasteiger charge is 2.20. The van der Waals surface area contributed by atoms with Gasteiger partial charge >= 0.3 is 0 Å². The standard InChI is InChI=1S/C21H28N2O3/c1-6-16-10-8-9-14(3)20(16)22-21(25)19-17(7-2)23(11-12-26-5)15(4)13-18(19)24/h8-10,13H,6-7,11-12H2,1-5H3,(H,22,25). The van der Waals surface area contributed by atoms with Crippen LogP contribution < -0.4 is 10.7 Å². The summed E-state index contributed by atoms with van der Waals surface area (Å²) in [5.74, 6) is -0.345. The number of anilines is 1. The van der Waals surface area contributed by atoms with Gasteiger partial charge in [0.1, 0.15) is 5.56 Å². The largest absolute Gasteiger partial charge is 0.383 e. The SMILES string of the molecule is CCc1cccc(C)c1NC(=O)c1c(CC)n(CCOC)c(C)cc1=O. The molecule has 0 aliphatic rings. The molecule has 1 aromatic carbocycles. The lowest BCUT2D eigenvalue weighted by atomic mass is 10.0. The van der Waals surface area contributed by atoms with Gasteiger partial charge in [-0.25, -0.2) is 0 Å². The third-order valence-corrected chi connectivity index (χ3v) is 4.69. The molecule has 0 atom stereocenters. The van der Waals surface area contributed by atoms with E-state index in [-0.39, 0.29) is 16.9 Å². The number of carbonyl (C=O) groups excluding carboxylic acids is 1. The van der Waals surface area contributed by atoms with Gasteiger partial charge in [-0.1, -0.05) is 32.0 Å². The third-order valence-electron chi connectivity index (χ3n) is 4.69. The van der Waals surface area contributed by atoms with E-state index in [0.29, 0.717) is 19.6 Å². The summed E-state index contributed by atoms with van der Waals surface area (Å²) in [7, 11) is 1.64. The maximum atomic E-state index is 13.0. The van der Waals surface area contributed by atoms with Crippen molar-refractivity contribution in [3.05, 3.63) is 62.6 Å². The summed E-state index contributed by atoms with van der Waals surface area (Å²) in [6.07, 6.45) is 1.40. The van der Waals surface area contributed by atoms with Gasteiger partial charge in [-0.15, -0.1) is 0 Å². The molecule has 2 aromatic rings. The second kappa shape index (κ2) is 8.81. The summed E-state index contributed by atoms with van der Waals surface area (Å²) < 4.78 is 7.17. The van der Waals surface area contributed by atoms with Crippen molar-refractivity contribution in [2.75, 3.05) is 19.0 Å². The molecule has 0 saturated carbocycles. The molecule has 5 nitrogen and oxygen atoms in total. The quantitative estimate of drug-likeness (QED) is 0.826. The van der Waals surface area contributed by atoms with E-state index in [9.17, 15) is 9.59 Å². The van der Waals surface area contributed by atoms with Crippen LogP contribution in [0.3, 0.4) is 0 Å². The van der Waals surface area contributed by atoms with Crippen molar-refractivity contribution in [3.8, 4) is 0 Å². The lowest BCUT2D eigenvalue weighted by molar-refractivity contribution is 0.102. The Bertz CT molecular complexity index is 853. The zero-order chi connectivity index (χ0) is 19.3. The molecule has 0 aliphatic heterocycles. The number of hydrogen-bond donors (Lipinski definition) is 1. The Morgan fingerprint density at radius 3 is 2.54 bits per heavy atom. The van der Waals surface area contributed by atoms with E-state index >= 15 is 0 Å². The van der Waals surface area contributed by atoms with Crippen molar-refractivity contribution in [1.29, 1.82) is 0 Å². The molecule has 26 heavy (non-hydrogen) atoms. The van der Waals surface area contributed by atoms with Crippen LogP contribution in [0.4, 0.5) is 5.69 Å². The van der Waals surface area contributed by atoms with Gasteiger partial charge in [0.25, 0.3) is 5.91 Å². The fourth-order valence-electron chi connectivity index (χ4n) is 3.31. The second-order valence-electron chi connectivity index (χ2n) is 6.39. The Morgan fingerprint density at radius 1 is 1.19 bits per heavy atom. The number of amides is 1. The molecule has 0 fully saturated rings. The van der Waals surface area contributed by atoms with E-state index in [2.05, 4.69) is 5.32 Å². The van der Waals surface area contributed by atoms with Gasteiger partial charge in [-0.05, 0) is 37.8 Å². The first kappa shape index (κ1) is 19.9. The zero-order valence-electron chi connectivity index (χ0n) is 16.3. The number of aromatic nitrogens is 1. The minimum Gasteiger partial charge on any atom is -0.383 e. The Morgan fingerprint density at radius 2 is 1.92 bits per heavy atom. The number of para-hydroxylation sites is 1. The number of nitrogens with zero attached hydrogens (tertiary/aromatic N) is 1. The second-order valence-corrected chi connectivity index (χ2v) is 6.39. The minimum atomic E-state index is -0.345. The van der Waals surface area contributed by atoms with Gasteiger partial charge in [-0.2, -0.15) is 0 Å². The van der Waals surface area contributed by atoms with E-state index in [4.69, 9.17) is 4.74 Å². The number of nitrogens with one attached hydrogen (secondary N) is 1. The smallest absolute Gasteiger partial charge is 0.261 e. The highest BCUT2D eigenvalue weighted by atomic mass is 16.5. The molecule has 0 bridgehead atoms. The Kier molecular flexibility index (Phi) is 6.75. The van der Waals surface area contributed by atoms with Gasteiger partial charge in [0.15, 0.2) is 5.43 Å². The molecule has 0 saturated heterocycles. The molecule has 1 N–H and O–H groups in total. The number of aryl methyl sites for hydroxylation is 3. The fourth-order valence-corrected chi connectivity index (χ4v) is 3.31. The monoisotopic (exact) mass is 356 g/mol. The average Bonchev–Trinajstić information content (AvgIpc) is 2.61. The number of pyridine rings is 1. The predicted molar refractivity (Wildman–Crippen MR) is 105 cm³/mol. The van der Waals surface area contributed by atoms with Gasteiger partial charge in [-0.3, -0.25) is 9.59 Å². The van der Waals surface area contributed by atoms with Crippen LogP contribution in [0.5, 0.6) is 0 Å². The van der Waals surface area contributed by atoms with E-state index in [0.717, 1.165) is 34.6 Å². The van der Waals surface area contributed by atoms with Crippen molar-refractivity contribution in [2.45, 2.75) is 47.1 Å². The summed E-state index contributed by atoms with van der Waals surface area (Å²) in [5, 5.41) is 2.98. The molecule has 1 aromatic heterocycles. The first-order valence-corrected chi connectivity index (χ1v) is 9.06. The maximum Gasteiger partial charge on any atom is 0.261 e. The van der Waals surface area contributed by atoms with Gasteiger partial charge < -0.3 is 14.6 Å². The third kappa shape index (κ3) is 4.05. The molecule has 1 heterocycles. The molecule has 140 valence electrons. The normalized spacial score (nSPS) is 10.8. The van der Waals surface area contributed by atoms with Crippen molar-refractivity contribution < 1.29 is 9.53 Å². The predicted octanol–water partition coefficient (Wildman–Crippen LogP) is 3.49. The number of rotatable bonds is 7. The first-order chi connectivity index (χ1) is 12.4. The number of ether oxygens (including phenoxy) is 1. The van der Waals surface area contributed by atoms with Crippen LogP contribution in [0.1, 0.15) is 46.7 Å². The van der Waals surface area contributed by atoms with Crippen LogP contribution in [-0.4, -0.2) is 24.2 Å². The number of benzene rings is 1. The van der Waals surface area contributed by atoms with Crippen molar-refractivity contribution in [2.24, 2.45) is 0 Å². The summed E-state index contributed by atoms with van der Waals surface area (Å²) in [6.45, 7) is 8.98. The van der Waals surface area contributed by atoms with E-state index in [1.165, 1.54) is 6.07 Å². The molecular formula is C21H28N2O3. The van der Waals surface area contributed by atoms with Crippen LogP contribution in [-0.2, 0) is 24.1 Å². The fraction of sp³-hybridized carbons (Fsp3) is 0.429. The van der Waals surface area contributed by atoms with Gasteiger partial charge in [0, 0.05) is 36.8 Å². The molecule has 0 aliphatic carbocycles. The van der Waals surface area contributed by atoms with E-state index in [1.54, 1.807) is 7.11 Å². The summed E-state index contributed by atoms with van der Waals surface area (Å²) in [4.78, 5) is 25.6. The summed E-state index contributed by atoms with van der Waals surface area (Å²) >= 11 is 0. The van der Waals surface area contributed by atoms with E-state index in [1.807, 2.05) is 50.5 Å². The lowest BCUT2D eigenvalue weighted by Crippen LogP contribution is -2.29. The first-order valence-electron chi connectivity index (χ1n) is 9.06. The topological polar surface area (TPSA) is 60.3 Å². The van der Waals surface area contributed by atoms with Crippen LogP contribution in [0.2, 0.25) is 0 Å². The van der Waals surface area contributed by atoms with Crippen LogP contribution >= 0.6 is 0 Å². The van der Waals surface area contributed by atoms with Gasteiger partial charge in [0.2, 0.25) is 0 Å².